The Morgan fingerprint density at radius 2 is 2.05 bits per heavy atom. The van der Waals surface area contributed by atoms with Crippen molar-refractivity contribution in [1.82, 2.24) is 15.1 Å². The number of hydrogen-bond donors (Lipinski definition) is 2. The van der Waals surface area contributed by atoms with Gasteiger partial charge < -0.3 is 10.4 Å². The first-order chi connectivity index (χ1) is 10.1. The van der Waals surface area contributed by atoms with E-state index in [1.165, 1.54) is 5.56 Å². The van der Waals surface area contributed by atoms with Gasteiger partial charge in [0.25, 0.3) is 0 Å². The number of nitrogens with one attached hydrogen (secondary N) is 1. The lowest BCUT2D eigenvalue weighted by Gasteiger charge is -2.12. The van der Waals surface area contributed by atoms with Crippen molar-refractivity contribution in [2.75, 3.05) is 6.61 Å². The van der Waals surface area contributed by atoms with Crippen LogP contribution in [0.4, 0.5) is 0 Å². The van der Waals surface area contributed by atoms with E-state index in [9.17, 15) is 0 Å². The quantitative estimate of drug-likeness (QED) is 0.827. The van der Waals surface area contributed by atoms with Crippen LogP contribution in [-0.2, 0) is 13.1 Å². The summed E-state index contributed by atoms with van der Waals surface area (Å²) in [6.07, 6.45) is 0.731. The zero-order chi connectivity index (χ0) is 15.2. The van der Waals surface area contributed by atoms with E-state index in [1.807, 2.05) is 36.7 Å². The molecule has 0 saturated carbocycles. The van der Waals surface area contributed by atoms with Gasteiger partial charge in [-0.2, -0.15) is 5.10 Å². The highest BCUT2D eigenvalue weighted by atomic mass is 35.5. The molecule has 2 N–H and O–H groups in total. The SMILES string of the molecule is Cc1nn(Cc2ccccc2)c(Cl)c1CN[C@H](C)CCO. The third kappa shape index (κ3) is 4.30. The summed E-state index contributed by atoms with van der Waals surface area (Å²) >= 11 is 6.45. The molecule has 2 rings (SSSR count). The number of benzene rings is 1. The highest BCUT2D eigenvalue weighted by molar-refractivity contribution is 6.30. The molecule has 1 aromatic heterocycles. The summed E-state index contributed by atoms with van der Waals surface area (Å²) in [5, 5.41) is 17.5. The van der Waals surface area contributed by atoms with Crippen LogP contribution in [0.2, 0.25) is 5.15 Å². The predicted molar refractivity (Wildman–Crippen MR) is 85.5 cm³/mol. The molecule has 1 heterocycles. The molecule has 5 heteroatoms. The number of aliphatic hydroxyl groups excluding tert-OH is 1. The minimum atomic E-state index is 0.189. The molecule has 4 nitrogen and oxygen atoms in total. The molecule has 114 valence electrons. The fraction of sp³-hybridized carbons (Fsp3) is 0.438. The normalized spacial score (nSPS) is 12.6. The summed E-state index contributed by atoms with van der Waals surface area (Å²) in [6, 6.07) is 10.4. The van der Waals surface area contributed by atoms with Crippen molar-refractivity contribution in [3.8, 4) is 0 Å². The van der Waals surface area contributed by atoms with Gasteiger partial charge in [-0.25, -0.2) is 4.68 Å². The van der Waals surface area contributed by atoms with Crippen molar-refractivity contribution >= 4 is 11.6 Å². The maximum atomic E-state index is 8.93. The van der Waals surface area contributed by atoms with Crippen molar-refractivity contribution in [2.45, 2.75) is 39.4 Å². The van der Waals surface area contributed by atoms with Gasteiger partial charge in [0.1, 0.15) is 5.15 Å². The molecule has 2 aromatic rings. The van der Waals surface area contributed by atoms with Gasteiger partial charge in [0, 0.05) is 24.8 Å². The minimum absolute atomic E-state index is 0.189. The van der Waals surface area contributed by atoms with Crippen LogP contribution < -0.4 is 5.32 Å². The molecule has 0 bridgehead atoms. The summed E-state index contributed by atoms with van der Waals surface area (Å²) in [5.41, 5.74) is 3.15. The summed E-state index contributed by atoms with van der Waals surface area (Å²) in [6.45, 7) is 5.55. The maximum Gasteiger partial charge on any atom is 0.132 e. The van der Waals surface area contributed by atoms with Gasteiger partial charge in [0.2, 0.25) is 0 Å². The average molecular weight is 308 g/mol. The highest BCUT2D eigenvalue weighted by Crippen LogP contribution is 2.21. The smallest absolute Gasteiger partial charge is 0.132 e. The second-order valence-electron chi connectivity index (χ2n) is 5.29. The highest BCUT2D eigenvalue weighted by Gasteiger charge is 2.14. The number of nitrogens with zero attached hydrogens (tertiary/aromatic N) is 2. The maximum absolute atomic E-state index is 8.93. The predicted octanol–water partition coefficient (Wildman–Crippen LogP) is 2.75. The zero-order valence-corrected chi connectivity index (χ0v) is 13.3. The Balaban J connectivity index is 2.07. The summed E-state index contributed by atoms with van der Waals surface area (Å²) in [5.74, 6) is 0. The van der Waals surface area contributed by atoms with E-state index in [4.69, 9.17) is 16.7 Å². The van der Waals surface area contributed by atoms with Crippen LogP contribution in [0.3, 0.4) is 0 Å². The number of aliphatic hydroxyl groups is 1. The van der Waals surface area contributed by atoms with Crippen molar-refractivity contribution < 1.29 is 5.11 Å². The molecular weight excluding hydrogens is 286 g/mol. The third-order valence-corrected chi connectivity index (χ3v) is 3.97. The van der Waals surface area contributed by atoms with Gasteiger partial charge in [0.05, 0.1) is 12.2 Å². The monoisotopic (exact) mass is 307 g/mol. The van der Waals surface area contributed by atoms with Crippen molar-refractivity contribution in [3.05, 3.63) is 52.3 Å². The molecule has 0 aliphatic heterocycles. The molecule has 0 amide bonds. The molecule has 0 unspecified atom stereocenters. The minimum Gasteiger partial charge on any atom is -0.396 e. The van der Waals surface area contributed by atoms with E-state index in [-0.39, 0.29) is 12.6 Å². The number of hydrogen-bond acceptors (Lipinski definition) is 3. The Kier molecular flexibility index (Phi) is 5.79. The van der Waals surface area contributed by atoms with E-state index in [1.54, 1.807) is 0 Å². The average Bonchev–Trinajstić information content (AvgIpc) is 2.73. The Morgan fingerprint density at radius 1 is 1.33 bits per heavy atom. The molecule has 0 saturated heterocycles. The van der Waals surface area contributed by atoms with Gasteiger partial charge in [-0.3, -0.25) is 0 Å². The van der Waals surface area contributed by atoms with Crippen LogP contribution in [0.1, 0.15) is 30.2 Å². The molecular formula is C16H22ClN3O. The van der Waals surface area contributed by atoms with Gasteiger partial charge >= 0.3 is 0 Å². The van der Waals surface area contributed by atoms with E-state index in [2.05, 4.69) is 22.5 Å². The second kappa shape index (κ2) is 7.59. The fourth-order valence-corrected chi connectivity index (χ4v) is 2.53. The molecule has 0 aliphatic carbocycles. The standard InChI is InChI=1S/C16H22ClN3O/c1-12(8-9-21)18-10-15-13(2)19-20(16(15)17)11-14-6-4-3-5-7-14/h3-7,12,18,21H,8-11H2,1-2H3/t12-/m1/s1. The Bertz CT molecular complexity index is 568. The lowest BCUT2D eigenvalue weighted by atomic mass is 10.2. The summed E-state index contributed by atoms with van der Waals surface area (Å²) in [7, 11) is 0. The summed E-state index contributed by atoms with van der Waals surface area (Å²) in [4.78, 5) is 0. The number of aromatic nitrogens is 2. The molecule has 1 aromatic carbocycles. The first-order valence-electron chi connectivity index (χ1n) is 7.21. The Hall–Kier alpha value is -1.36. The van der Waals surface area contributed by atoms with Crippen molar-refractivity contribution in [2.24, 2.45) is 0 Å². The van der Waals surface area contributed by atoms with Gasteiger partial charge in [-0.15, -0.1) is 0 Å². The topological polar surface area (TPSA) is 50.1 Å². The van der Waals surface area contributed by atoms with Crippen LogP contribution in [0.5, 0.6) is 0 Å². The van der Waals surface area contributed by atoms with Crippen LogP contribution in [0, 0.1) is 6.92 Å². The zero-order valence-electron chi connectivity index (χ0n) is 12.5. The molecule has 21 heavy (non-hydrogen) atoms. The van der Waals surface area contributed by atoms with E-state index < -0.39 is 0 Å². The number of halogens is 1. The molecule has 0 radical (unpaired) electrons. The lowest BCUT2D eigenvalue weighted by Crippen LogP contribution is -2.26. The van der Waals surface area contributed by atoms with E-state index >= 15 is 0 Å². The molecule has 0 fully saturated rings. The van der Waals surface area contributed by atoms with Crippen molar-refractivity contribution in [3.63, 3.8) is 0 Å². The van der Waals surface area contributed by atoms with Crippen molar-refractivity contribution in [1.29, 1.82) is 0 Å². The van der Waals surface area contributed by atoms with Gasteiger partial charge in [-0.1, -0.05) is 41.9 Å². The largest absolute Gasteiger partial charge is 0.396 e. The fourth-order valence-electron chi connectivity index (χ4n) is 2.22. The Labute approximate surface area is 130 Å². The van der Waals surface area contributed by atoms with Gasteiger partial charge in [0.15, 0.2) is 0 Å². The van der Waals surface area contributed by atoms with Crippen LogP contribution >= 0.6 is 11.6 Å². The summed E-state index contributed by atoms with van der Waals surface area (Å²) < 4.78 is 1.83. The number of aryl methyl sites for hydroxylation is 1. The number of rotatable bonds is 7. The lowest BCUT2D eigenvalue weighted by molar-refractivity contribution is 0.268. The van der Waals surface area contributed by atoms with Crippen LogP contribution in [0.15, 0.2) is 30.3 Å². The van der Waals surface area contributed by atoms with Crippen LogP contribution in [0.25, 0.3) is 0 Å². The van der Waals surface area contributed by atoms with Crippen LogP contribution in [-0.4, -0.2) is 27.5 Å². The third-order valence-electron chi connectivity index (χ3n) is 3.55. The van der Waals surface area contributed by atoms with E-state index in [0.717, 1.165) is 17.7 Å². The van der Waals surface area contributed by atoms with E-state index in [0.29, 0.717) is 18.2 Å². The molecule has 1 atom stereocenters. The second-order valence-corrected chi connectivity index (χ2v) is 5.65. The van der Waals surface area contributed by atoms with Gasteiger partial charge in [-0.05, 0) is 25.8 Å². The first-order valence-corrected chi connectivity index (χ1v) is 7.59. The Morgan fingerprint density at radius 3 is 2.71 bits per heavy atom. The molecule has 0 aliphatic rings. The first kappa shape index (κ1) is 16.0. The molecule has 0 spiro atoms.